The van der Waals surface area contributed by atoms with Gasteiger partial charge in [0, 0.05) is 0 Å². The lowest BCUT2D eigenvalue weighted by atomic mass is 10.3. The molecule has 4 heteroatoms. The van der Waals surface area contributed by atoms with Crippen molar-refractivity contribution in [1.29, 1.82) is 0 Å². The van der Waals surface area contributed by atoms with Gasteiger partial charge in [-0.2, -0.15) is 5.10 Å². The summed E-state index contributed by atoms with van der Waals surface area (Å²) in [4.78, 5) is 7.27. The number of aromatic nitrogens is 2. The molecule has 0 amide bonds. The van der Waals surface area contributed by atoms with Crippen molar-refractivity contribution < 1.29 is 0 Å². The highest BCUT2D eigenvalue weighted by Gasteiger charge is 1.97. The summed E-state index contributed by atoms with van der Waals surface area (Å²) in [6.07, 6.45) is 1.49. The fourth-order valence-corrected chi connectivity index (χ4v) is 1.10. The summed E-state index contributed by atoms with van der Waals surface area (Å²) in [5, 5.41) is 3.38. The van der Waals surface area contributed by atoms with Gasteiger partial charge in [-0.05, 0) is 12.1 Å². The molecule has 0 saturated carbocycles. The second kappa shape index (κ2) is 2.65. The van der Waals surface area contributed by atoms with E-state index in [-0.39, 0.29) is 0 Å². The zero-order valence-electron chi connectivity index (χ0n) is 6.36. The van der Waals surface area contributed by atoms with E-state index in [4.69, 9.17) is 5.84 Å². The second-order valence-corrected chi connectivity index (χ2v) is 2.42. The van der Waals surface area contributed by atoms with Crippen LogP contribution in [0.3, 0.4) is 0 Å². The van der Waals surface area contributed by atoms with Gasteiger partial charge in [0.15, 0.2) is 5.82 Å². The lowest BCUT2D eigenvalue weighted by Crippen LogP contribution is -1.87. The molecule has 60 valence electrons. The van der Waals surface area contributed by atoms with Gasteiger partial charge < -0.3 is 10.8 Å². The second-order valence-electron chi connectivity index (χ2n) is 2.42. The molecule has 0 bridgehead atoms. The molecule has 3 N–H and O–H groups in total. The molecular weight excluding hydrogens is 152 g/mol. The maximum atomic E-state index is 4.99. The Morgan fingerprint density at radius 3 is 3.00 bits per heavy atom. The first-order chi connectivity index (χ1) is 5.90. The molecule has 1 aromatic heterocycles. The highest BCUT2D eigenvalue weighted by atomic mass is 15.1. The van der Waals surface area contributed by atoms with Crippen LogP contribution in [0.2, 0.25) is 0 Å². The molecule has 0 aliphatic rings. The monoisotopic (exact) mass is 160 g/mol. The summed E-state index contributed by atoms with van der Waals surface area (Å²) >= 11 is 0. The van der Waals surface area contributed by atoms with Crippen LogP contribution in [0.5, 0.6) is 0 Å². The zero-order valence-corrected chi connectivity index (χ0v) is 6.36. The molecule has 0 spiro atoms. The van der Waals surface area contributed by atoms with Gasteiger partial charge in [-0.1, -0.05) is 12.1 Å². The van der Waals surface area contributed by atoms with Crippen LogP contribution in [0.25, 0.3) is 11.0 Å². The topological polar surface area (TPSA) is 67.1 Å². The SMILES string of the molecule is NN=Cc1nc2ccccc2[nH]1. The van der Waals surface area contributed by atoms with E-state index in [1.54, 1.807) is 0 Å². The number of H-pyrrole nitrogens is 1. The number of nitrogens with two attached hydrogens (primary N) is 1. The number of nitrogens with one attached hydrogen (secondary N) is 1. The number of nitrogens with zero attached hydrogens (tertiary/aromatic N) is 2. The molecule has 12 heavy (non-hydrogen) atoms. The van der Waals surface area contributed by atoms with E-state index in [1.807, 2.05) is 24.3 Å². The van der Waals surface area contributed by atoms with Gasteiger partial charge >= 0.3 is 0 Å². The van der Waals surface area contributed by atoms with Gasteiger partial charge in [-0.25, -0.2) is 4.98 Å². The maximum absolute atomic E-state index is 4.99. The molecule has 0 unspecified atom stereocenters. The Morgan fingerprint density at radius 2 is 2.25 bits per heavy atom. The molecule has 0 aliphatic carbocycles. The lowest BCUT2D eigenvalue weighted by Gasteiger charge is -1.81. The van der Waals surface area contributed by atoms with Crippen LogP contribution >= 0.6 is 0 Å². The average molecular weight is 160 g/mol. The van der Waals surface area contributed by atoms with Gasteiger partial charge in [0.1, 0.15) is 0 Å². The fourth-order valence-electron chi connectivity index (χ4n) is 1.10. The molecule has 1 heterocycles. The van der Waals surface area contributed by atoms with Crippen LogP contribution < -0.4 is 5.84 Å². The third kappa shape index (κ3) is 1.03. The van der Waals surface area contributed by atoms with E-state index in [0.29, 0.717) is 5.82 Å². The molecule has 1 aromatic carbocycles. The van der Waals surface area contributed by atoms with Crippen molar-refractivity contribution in [2.45, 2.75) is 0 Å². The number of para-hydroxylation sites is 2. The number of hydrogen-bond acceptors (Lipinski definition) is 3. The molecule has 0 fully saturated rings. The van der Waals surface area contributed by atoms with Crippen molar-refractivity contribution in [3.8, 4) is 0 Å². The molecule has 0 atom stereocenters. The first-order valence-corrected chi connectivity index (χ1v) is 3.58. The van der Waals surface area contributed by atoms with E-state index >= 15 is 0 Å². The van der Waals surface area contributed by atoms with Crippen molar-refractivity contribution in [3.05, 3.63) is 30.1 Å². The number of hydrogen-bond donors (Lipinski definition) is 2. The number of fused-ring (bicyclic) bond motifs is 1. The summed E-state index contributed by atoms with van der Waals surface area (Å²) in [7, 11) is 0. The molecule has 0 saturated heterocycles. The average Bonchev–Trinajstić information content (AvgIpc) is 2.47. The van der Waals surface area contributed by atoms with E-state index in [0.717, 1.165) is 11.0 Å². The third-order valence-electron chi connectivity index (χ3n) is 1.60. The number of aromatic amines is 1. The van der Waals surface area contributed by atoms with Crippen molar-refractivity contribution in [1.82, 2.24) is 9.97 Å². The summed E-state index contributed by atoms with van der Waals surface area (Å²) in [5.41, 5.74) is 1.92. The van der Waals surface area contributed by atoms with Crippen molar-refractivity contribution in [3.63, 3.8) is 0 Å². The van der Waals surface area contributed by atoms with Gasteiger partial charge in [0.2, 0.25) is 0 Å². The molecule has 0 radical (unpaired) electrons. The van der Waals surface area contributed by atoms with Crippen LogP contribution in [0.15, 0.2) is 29.4 Å². The Balaban J connectivity index is 2.62. The zero-order chi connectivity index (χ0) is 8.39. The largest absolute Gasteiger partial charge is 0.337 e. The molecule has 4 nitrogen and oxygen atoms in total. The minimum atomic E-state index is 0.679. The van der Waals surface area contributed by atoms with E-state index < -0.39 is 0 Å². The number of benzene rings is 1. The fraction of sp³-hybridized carbons (Fsp3) is 0. The third-order valence-corrected chi connectivity index (χ3v) is 1.60. The van der Waals surface area contributed by atoms with Gasteiger partial charge in [0.05, 0.1) is 17.2 Å². The number of hydrazone groups is 1. The first-order valence-electron chi connectivity index (χ1n) is 3.58. The smallest absolute Gasteiger partial charge is 0.151 e. The Kier molecular flexibility index (Phi) is 1.51. The molecular formula is C8H8N4. The van der Waals surface area contributed by atoms with Crippen LogP contribution in [-0.2, 0) is 0 Å². The highest BCUT2D eigenvalue weighted by molar-refractivity contribution is 5.83. The van der Waals surface area contributed by atoms with Crippen LogP contribution in [0.4, 0.5) is 0 Å². The summed E-state index contributed by atoms with van der Waals surface area (Å²) in [6, 6.07) is 7.77. The van der Waals surface area contributed by atoms with Crippen molar-refractivity contribution >= 4 is 17.2 Å². The van der Waals surface area contributed by atoms with Crippen molar-refractivity contribution in [2.24, 2.45) is 10.9 Å². The normalized spacial score (nSPS) is 11.3. The first kappa shape index (κ1) is 6.84. The molecule has 2 rings (SSSR count). The summed E-state index contributed by atoms with van der Waals surface area (Å²) in [6.45, 7) is 0. The minimum absolute atomic E-state index is 0.679. The maximum Gasteiger partial charge on any atom is 0.151 e. The van der Waals surface area contributed by atoms with Gasteiger partial charge in [-0.15, -0.1) is 0 Å². The van der Waals surface area contributed by atoms with Crippen molar-refractivity contribution in [2.75, 3.05) is 0 Å². The van der Waals surface area contributed by atoms with Crippen LogP contribution in [0, 0.1) is 0 Å². The lowest BCUT2D eigenvalue weighted by molar-refractivity contribution is 1.23. The summed E-state index contributed by atoms with van der Waals surface area (Å²) < 4.78 is 0. The van der Waals surface area contributed by atoms with Crippen LogP contribution in [-0.4, -0.2) is 16.2 Å². The predicted octanol–water partition coefficient (Wildman–Crippen LogP) is 0.855. The Bertz CT molecular complexity index is 383. The Morgan fingerprint density at radius 1 is 1.42 bits per heavy atom. The quantitative estimate of drug-likeness (QED) is 0.369. The van der Waals surface area contributed by atoms with E-state index in [9.17, 15) is 0 Å². The van der Waals surface area contributed by atoms with E-state index in [1.165, 1.54) is 6.21 Å². The van der Waals surface area contributed by atoms with Gasteiger partial charge in [0.25, 0.3) is 0 Å². The minimum Gasteiger partial charge on any atom is -0.337 e. The predicted molar refractivity (Wildman–Crippen MR) is 47.9 cm³/mol. The molecule has 0 aliphatic heterocycles. The standard InChI is InChI=1S/C8H8N4/c9-10-5-8-11-6-3-1-2-4-7(6)12-8/h1-5H,9H2,(H,11,12). The molecule has 2 aromatic rings. The Labute approximate surface area is 69.1 Å². The van der Waals surface area contributed by atoms with Gasteiger partial charge in [-0.3, -0.25) is 0 Å². The highest BCUT2D eigenvalue weighted by Crippen LogP contribution is 2.08. The Hall–Kier alpha value is -1.84. The number of rotatable bonds is 1. The summed E-state index contributed by atoms with van der Waals surface area (Å²) in [5.74, 6) is 5.67. The number of imidazole rings is 1. The van der Waals surface area contributed by atoms with E-state index in [2.05, 4.69) is 15.1 Å². The van der Waals surface area contributed by atoms with Crippen LogP contribution in [0.1, 0.15) is 5.82 Å².